The first kappa shape index (κ1) is 23.6. The number of phenolic OH excluding ortho intramolecular Hbond substituents is 4. The first-order valence-corrected chi connectivity index (χ1v) is 10.2. The van der Waals surface area contributed by atoms with Crippen LogP contribution < -0.4 is 4.74 Å². The Balaban J connectivity index is 1.68. The summed E-state index contributed by atoms with van der Waals surface area (Å²) in [6, 6.07) is 5.67. The van der Waals surface area contributed by atoms with E-state index < -0.39 is 65.8 Å². The van der Waals surface area contributed by atoms with Gasteiger partial charge in [-0.3, -0.25) is 9.59 Å². The van der Waals surface area contributed by atoms with Gasteiger partial charge in [-0.15, -0.1) is 0 Å². The van der Waals surface area contributed by atoms with Gasteiger partial charge in [0.25, 0.3) is 0 Å². The smallest absolute Gasteiger partial charge is 0.302 e. The Kier molecular flexibility index (Phi) is 6.23. The van der Waals surface area contributed by atoms with Crippen molar-refractivity contribution in [1.29, 1.82) is 0 Å². The lowest BCUT2D eigenvalue weighted by Gasteiger charge is -2.34. The Labute approximate surface area is 192 Å². The van der Waals surface area contributed by atoms with Crippen LogP contribution >= 0.6 is 0 Å². The molecule has 2 heterocycles. The van der Waals surface area contributed by atoms with Crippen molar-refractivity contribution in [2.45, 2.75) is 43.7 Å². The van der Waals surface area contributed by atoms with Crippen molar-refractivity contribution < 1.29 is 59.2 Å². The van der Waals surface area contributed by atoms with Crippen LogP contribution in [0.2, 0.25) is 0 Å². The van der Waals surface area contributed by atoms with E-state index in [1.807, 2.05) is 0 Å². The maximum Gasteiger partial charge on any atom is 0.302 e. The van der Waals surface area contributed by atoms with Crippen LogP contribution in [0, 0.1) is 0 Å². The maximum atomic E-state index is 13.3. The van der Waals surface area contributed by atoms with E-state index in [0.717, 1.165) is 31.2 Å². The molecule has 2 aromatic carbocycles. The van der Waals surface area contributed by atoms with Gasteiger partial charge in [-0.1, -0.05) is 6.07 Å². The van der Waals surface area contributed by atoms with Gasteiger partial charge in [0, 0.05) is 19.1 Å². The lowest BCUT2D eigenvalue weighted by molar-refractivity contribution is -0.201. The molecule has 2 aliphatic rings. The first-order chi connectivity index (χ1) is 16.1. The Morgan fingerprint density at radius 3 is 2.41 bits per heavy atom. The largest absolute Gasteiger partial charge is 0.508 e. The second-order valence-corrected chi connectivity index (χ2v) is 7.87. The Hall–Kier alpha value is -3.58. The summed E-state index contributed by atoms with van der Waals surface area (Å²) in [7, 11) is 0. The number of carbonyl (C=O) groups excluding carboxylic acids is 2. The van der Waals surface area contributed by atoms with Crippen molar-refractivity contribution in [2.75, 3.05) is 6.61 Å². The van der Waals surface area contributed by atoms with E-state index >= 15 is 0 Å². The number of aliphatic hydroxyl groups excluding tert-OH is 2. The molecule has 0 amide bonds. The van der Waals surface area contributed by atoms with E-state index in [1.165, 1.54) is 6.07 Å². The highest BCUT2D eigenvalue weighted by molar-refractivity contribution is 6.05. The molecule has 0 spiro atoms. The van der Waals surface area contributed by atoms with Crippen LogP contribution in [-0.2, 0) is 19.0 Å². The highest BCUT2D eigenvalue weighted by Crippen LogP contribution is 2.44. The average Bonchev–Trinajstić information content (AvgIpc) is 3.03. The number of hydrogen-bond donors (Lipinski definition) is 6. The standard InChI is InChI=1S/C22H22O12/c1-8(23)31-7-15-17(28)19(30)22(33-15)34-21-18(29)16-13(27)5-10(24)6-14(16)32-20(21)9-2-3-11(25)12(26)4-9/h2-6,15,17,19-22,24-28,30H,7H2,1H3/t15-,17+,19-,20-,21+,22-/m0/s1. The van der Waals surface area contributed by atoms with E-state index in [2.05, 4.69) is 0 Å². The fourth-order valence-electron chi connectivity index (χ4n) is 3.81. The summed E-state index contributed by atoms with van der Waals surface area (Å²) in [5, 5.41) is 60.2. The molecule has 4 rings (SSSR count). The maximum absolute atomic E-state index is 13.3. The van der Waals surface area contributed by atoms with Crippen LogP contribution in [0.4, 0.5) is 0 Å². The molecular weight excluding hydrogens is 456 g/mol. The molecule has 1 fully saturated rings. The molecule has 6 atom stereocenters. The van der Waals surface area contributed by atoms with E-state index in [-0.39, 0.29) is 29.2 Å². The Bertz CT molecular complexity index is 1120. The topological polar surface area (TPSA) is 192 Å². The van der Waals surface area contributed by atoms with Crippen LogP contribution in [0.25, 0.3) is 0 Å². The van der Waals surface area contributed by atoms with Gasteiger partial charge in [0.05, 0.1) is 0 Å². The summed E-state index contributed by atoms with van der Waals surface area (Å²) in [5.74, 6) is -3.49. The minimum absolute atomic E-state index is 0.166. The second kappa shape index (κ2) is 8.99. The molecule has 2 aliphatic heterocycles. The number of rotatable bonds is 5. The number of esters is 1. The lowest BCUT2D eigenvalue weighted by Crippen LogP contribution is -2.44. The molecule has 0 aliphatic carbocycles. The summed E-state index contributed by atoms with van der Waals surface area (Å²) in [6.45, 7) is 0.782. The molecule has 0 bridgehead atoms. The number of aromatic hydroxyl groups is 4. The lowest BCUT2D eigenvalue weighted by atomic mass is 9.92. The number of carbonyl (C=O) groups is 2. The predicted molar refractivity (Wildman–Crippen MR) is 109 cm³/mol. The van der Waals surface area contributed by atoms with Gasteiger partial charge >= 0.3 is 5.97 Å². The molecule has 6 N–H and O–H groups in total. The third-order valence-electron chi connectivity index (χ3n) is 5.48. The number of aliphatic hydroxyl groups is 2. The Morgan fingerprint density at radius 2 is 1.74 bits per heavy atom. The van der Waals surface area contributed by atoms with Crippen molar-refractivity contribution in [3.63, 3.8) is 0 Å². The minimum atomic E-state index is -1.63. The third-order valence-corrected chi connectivity index (χ3v) is 5.48. The average molecular weight is 478 g/mol. The molecule has 34 heavy (non-hydrogen) atoms. The normalized spacial score (nSPS) is 28.3. The minimum Gasteiger partial charge on any atom is -0.508 e. The number of Topliss-reactive ketones (excluding diaryl/α,β-unsaturated/α-hetero) is 1. The fourth-order valence-corrected chi connectivity index (χ4v) is 3.81. The molecule has 2 aromatic rings. The van der Waals surface area contributed by atoms with E-state index in [4.69, 9.17) is 18.9 Å². The molecule has 182 valence electrons. The highest BCUT2D eigenvalue weighted by Gasteiger charge is 2.49. The quantitative estimate of drug-likeness (QED) is 0.253. The monoisotopic (exact) mass is 478 g/mol. The van der Waals surface area contributed by atoms with Gasteiger partial charge in [0.1, 0.15) is 47.7 Å². The molecule has 0 saturated carbocycles. The number of fused-ring (bicyclic) bond motifs is 1. The molecule has 12 nitrogen and oxygen atoms in total. The summed E-state index contributed by atoms with van der Waals surface area (Å²) < 4.78 is 21.8. The Morgan fingerprint density at radius 1 is 1.00 bits per heavy atom. The van der Waals surface area contributed by atoms with Gasteiger partial charge in [-0.05, 0) is 17.7 Å². The van der Waals surface area contributed by atoms with E-state index in [0.29, 0.717) is 0 Å². The van der Waals surface area contributed by atoms with Crippen molar-refractivity contribution in [2.24, 2.45) is 0 Å². The van der Waals surface area contributed by atoms with Crippen LogP contribution in [-0.4, -0.2) is 79.7 Å². The van der Waals surface area contributed by atoms with E-state index in [1.54, 1.807) is 0 Å². The van der Waals surface area contributed by atoms with Crippen LogP contribution in [0.15, 0.2) is 30.3 Å². The summed E-state index contributed by atoms with van der Waals surface area (Å²) in [5.41, 5.74) is -0.127. The van der Waals surface area contributed by atoms with Gasteiger partial charge in [0.15, 0.2) is 30.0 Å². The molecule has 0 radical (unpaired) electrons. The number of benzene rings is 2. The highest BCUT2D eigenvalue weighted by atomic mass is 16.7. The third kappa shape index (κ3) is 4.31. The van der Waals surface area contributed by atoms with Crippen molar-refractivity contribution in [3.8, 4) is 28.7 Å². The van der Waals surface area contributed by atoms with Crippen LogP contribution in [0.5, 0.6) is 28.7 Å². The SMILES string of the molecule is CC(=O)OC[C@@H]1O[C@@H](O[C@@H]2C(=O)c3c(O)cc(O)cc3O[C@H]2c2ccc(O)c(O)c2)[C@@H](O)[C@@H]1O. The second-order valence-electron chi connectivity index (χ2n) is 7.87. The fraction of sp³-hybridized carbons (Fsp3) is 0.364. The predicted octanol–water partition coefficient (Wildman–Crippen LogP) is 0.220. The van der Waals surface area contributed by atoms with Crippen LogP contribution in [0.1, 0.15) is 28.9 Å². The van der Waals surface area contributed by atoms with Crippen molar-refractivity contribution >= 4 is 11.8 Å². The van der Waals surface area contributed by atoms with Gasteiger partial charge in [0.2, 0.25) is 5.78 Å². The first-order valence-electron chi connectivity index (χ1n) is 10.2. The number of ether oxygens (including phenoxy) is 4. The van der Waals surface area contributed by atoms with Gasteiger partial charge in [-0.2, -0.15) is 0 Å². The molecule has 1 saturated heterocycles. The molecule has 0 unspecified atom stereocenters. The molecule has 0 aromatic heterocycles. The summed E-state index contributed by atoms with van der Waals surface area (Å²) in [6.07, 6.45) is -8.67. The van der Waals surface area contributed by atoms with Gasteiger partial charge < -0.3 is 49.6 Å². The zero-order valence-corrected chi connectivity index (χ0v) is 17.7. The molecular formula is C22H22O12. The summed E-state index contributed by atoms with van der Waals surface area (Å²) >= 11 is 0. The molecule has 12 heteroatoms. The van der Waals surface area contributed by atoms with Crippen molar-refractivity contribution in [3.05, 3.63) is 41.5 Å². The number of ketones is 1. The summed E-state index contributed by atoms with van der Waals surface area (Å²) in [4.78, 5) is 24.4. The van der Waals surface area contributed by atoms with Crippen LogP contribution in [0.3, 0.4) is 0 Å². The number of hydrogen-bond acceptors (Lipinski definition) is 12. The van der Waals surface area contributed by atoms with E-state index in [9.17, 15) is 40.2 Å². The zero-order valence-electron chi connectivity index (χ0n) is 17.7. The van der Waals surface area contributed by atoms with Gasteiger partial charge in [-0.25, -0.2) is 0 Å². The zero-order chi connectivity index (χ0) is 24.7. The number of phenols is 4. The van der Waals surface area contributed by atoms with Crippen molar-refractivity contribution in [1.82, 2.24) is 0 Å².